The molecule has 1 saturated heterocycles. The molecule has 1 aliphatic rings. The number of rotatable bonds is 2. The van der Waals surface area contributed by atoms with Crippen LogP contribution in [0.3, 0.4) is 0 Å². The Morgan fingerprint density at radius 1 is 1.69 bits per heavy atom. The van der Waals surface area contributed by atoms with Crippen molar-refractivity contribution in [1.82, 2.24) is 9.36 Å². The van der Waals surface area contributed by atoms with E-state index in [0.717, 1.165) is 13.0 Å². The molecule has 0 spiro atoms. The Kier molecular flexibility index (Phi) is 1.80. The molecule has 1 aromatic heterocycles. The highest BCUT2D eigenvalue weighted by Gasteiger charge is 2.34. The van der Waals surface area contributed by atoms with Crippen molar-refractivity contribution >= 4 is 28.5 Å². The number of nitrogen functional groups attached to an aromatic ring is 1. The fraction of sp³-hybridized carbons (Fsp3) is 0.500. The number of hydrogen-bond acceptors (Lipinski definition) is 6. The zero-order valence-electron chi connectivity index (χ0n) is 6.80. The lowest BCUT2D eigenvalue weighted by molar-refractivity contribution is -0.120. The second-order valence-corrected chi connectivity index (χ2v) is 3.57. The Labute approximate surface area is 78.7 Å². The lowest BCUT2D eigenvalue weighted by Gasteiger charge is -2.37. The van der Waals surface area contributed by atoms with E-state index in [4.69, 9.17) is 11.5 Å². The summed E-state index contributed by atoms with van der Waals surface area (Å²) >= 11 is 1.19. The third-order valence-electron chi connectivity index (χ3n) is 2.02. The Hall–Kier alpha value is -1.37. The molecule has 0 aromatic carbocycles. The van der Waals surface area contributed by atoms with Gasteiger partial charge in [-0.2, -0.15) is 9.36 Å². The molecule has 1 aliphatic heterocycles. The molecule has 6 nitrogen and oxygen atoms in total. The third-order valence-corrected chi connectivity index (χ3v) is 2.79. The number of anilines is 2. The molecule has 1 amide bonds. The molecular formula is C6H9N5OS. The maximum absolute atomic E-state index is 10.9. The van der Waals surface area contributed by atoms with E-state index in [1.807, 2.05) is 4.90 Å². The van der Waals surface area contributed by atoms with Crippen molar-refractivity contribution < 1.29 is 4.79 Å². The molecule has 1 fully saturated rings. The first kappa shape index (κ1) is 8.24. The van der Waals surface area contributed by atoms with Crippen LogP contribution in [0.15, 0.2) is 0 Å². The van der Waals surface area contributed by atoms with Crippen LogP contribution in [0.1, 0.15) is 6.42 Å². The Bertz CT molecular complexity index is 338. The zero-order valence-corrected chi connectivity index (χ0v) is 7.62. The summed E-state index contributed by atoms with van der Waals surface area (Å²) in [5.74, 6) is -0.0739. The van der Waals surface area contributed by atoms with Crippen LogP contribution in [0.4, 0.5) is 11.1 Å². The van der Waals surface area contributed by atoms with Crippen LogP contribution < -0.4 is 16.4 Å². The normalized spacial score (nSPS) is 21.2. The van der Waals surface area contributed by atoms with E-state index in [9.17, 15) is 4.79 Å². The van der Waals surface area contributed by atoms with Crippen molar-refractivity contribution in [3.8, 4) is 0 Å². The summed E-state index contributed by atoms with van der Waals surface area (Å²) in [4.78, 5) is 16.7. The monoisotopic (exact) mass is 199 g/mol. The van der Waals surface area contributed by atoms with Crippen molar-refractivity contribution in [2.24, 2.45) is 5.73 Å². The summed E-state index contributed by atoms with van der Waals surface area (Å²) in [6.45, 7) is 0.794. The number of primary amides is 1. The van der Waals surface area contributed by atoms with Crippen LogP contribution in [-0.4, -0.2) is 27.9 Å². The molecular weight excluding hydrogens is 190 g/mol. The number of amides is 1. The fourth-order valence-electron chi connectivity index (χ4n) is 1.26. The van der Waals surface area contributed by atoms with Crippen molar-refractivity contribution in [1.29, 1.82) is 0 Å². The number of hydrogen-bond donors (Lipinski definition) is 2. The Morgan fingerprint density at radius 3 is 2.85 bits per heavy atom. The molecule has 0 bridgehead atoms. The summed E-state index contributed by atoms with van der Waals surface area (Å²) < 4.78 is 3.83. The van der Waals surface area contributed by atoms with Gasteiger partial charge in [-0.1, -0.05) is 0 Å². The number of carbonyl (C=O) groups excluding carboxylic acids is 1. The smallest absolute Gasteiger partial charge is 0.240 e. The highest BCUT2D eigenvalue weighted by Crippen LogP contribution is 2.27. The number of nitrogens with two attached hydrogens (primary N) is 2. The van der Waals surface area contributed by atoms with Gasteiger partial charge in [0.05, 0.1) is 0 Å². The molecule has 70 valence electrons. The van der Waals surface area contributed by atoms with Gasteiger partial charge in [0.1, 0.15) is 6.04 Å². The molecule has 1 atom stereocenters. The van der Waals surface area contributed by atoms with E-state index in [-0.39, 0.29) is 17.9 Å². The first-order valence-corrected chi connectivity index (χ1v) is 4.61. The summed E-state index contributed by atoms with van der Waals surface area (Å²) in [5.41, 5.74) is 10.5. The zero-order chi connectivity index (χ0) is 9.42. The average molecular weight is 199 g/mol. The van der Waals surface area contributed by atoms with Gasteiger partial charge < -0.3 is 16.4 Å². The van der Waals surface area contributed by atoms with Crippen LogP contribution in [0.2, 0.25) is 0 Å². The quantitative estimate of drug-likeness (QED) is 0.648. The number of aromatic nitrogens is 2. The second-order valence-electron chi connectivity index (χ2n) is 2.84. The molecule has 4 N–H and O–H groups in total. The molecule has 0 saturated carbocycles. The largest absolute Gasteiger partial charge is 0.368 e. The average Bonchev–Trinajstić information content (AvgIpc) is 2.32. The second kappa shape index (κ2) is 2.84. The molecule has 0 aliphatic carbocycles. The van der Waals surface area contributed by atoms with Crippen LogP contribution in [0.25, 0.3) is 0 Å². The van der Waals surface area contributed by atoms with Gasteiger partial charge in [0, 0.05) is 18.1 Å². The third kappa shape index (κ3) is 1.31. The van der Waals surface area contributed by atoms with Crippen LogP contribution in [0.5, 0.6) is 0 Å². The van der Waals surface area contributed by atoms with Crippen molar-refractivity contribution in [2.45, 2.75) is 12.5 Å². The van der Waals surface area contributed by atoms with Gasteiger partial charge in [0.2, 0.25) is 17.0 Å². The molecule has 13 heavy (non-hydrogen) atoms. The van der Waals surface area contributed by atoms with Gasteiger partial charge in [0.15, 0.2) is 0 Å². The van der Waals surface area contributed by atoms with E-state index in [1.54, 1.807) is 0 Å². The van der Waals surface area contributed by atoms with E-state index in [1.165, 1.54) is 11.5 Å². The minimum atomic E-state index is -0.319. The molecule has 1 unspecified atom stereocenters. The van der Waals surface area contributed by atoms with E-state index >= 15 is 0 Å². The Balaban J connectivity index is 2.14. The van der Waals surface area contributed by atoms with E-state index in [0.29, 0.717) is 5.13 Å². The minimum Gasteiger partial charge on any atom is -0.368 e. The lowest BCUT2D eigenvalue weighted by Crippen LogP contribution is -2.55. The highest BCUT2D eigenvalue weighted by molar-refractivity contribution is 7.10. The van der Waals surface area contributed by atoms with Gasteiger partial charge >= 0.3 is 0 Å². The fourth-order valence-corrected chi connectivity index (χ4v) is 1.93. The molecule has 2 heterocycles. The van der Waals surface area contributed by atoms with Crippen LogP contribution in [0, 0.1) is 0 Å². The van der Waals surface area contributed by atoms with Crippen LogP contribution in [-0.2, 0) is 4.79 Å². The summed E-state index contributed by atoms with van der Waals surface area (Å²) in [6.07, 6.45) is 0.787. The topological polar surface area (TPSA) is 98.1 Å². The minimum absolute atomic E-state index is 0.229. The van der Waals surface area contributed by atoms with E-state index < -0.39 is 0 Å². The molecule has 1 aromatic rings. The van der Waals surface area contributed by atoms with Gasteiger partial charge in [-0.05, 0) is 6.42 Å². The summed E-state index contributed by atoms with van der Waals surface area (Å²) in [7, 11) is 0. The standard InChI is InChI=1S/C6H9N5OS/c7-4(12)3-1-2-11(3)6-9-5(8)10-13-6/h3H,1-2H2,(H2,7,12)(H2,8,10). The van der Waals surface area contributed by atoms with Crippen molar-refractivity contribution in [2.75, 3.05) is 17.2 Å². The highest BCUT2D eigenvalue weighted by atomic mass is 32.1. The van der Waals surface area contributed by atoms with Crippen LogP contribution >= 0.6 is 11.5 Å². The Morgan fingerprint density at radius 2 is 2.46 bits per heavy atom. The molecule has 2 rings (SSSR count). The SMILES string of the molecule is NC(=O)C1CCN1c1nc(N)ns1. The molecule has 7 heteroatoms. The predicted octanol–water partition coefficient (Wildman–Crippen LogP) is -0.816. The van der Waals surface area contributed by atoms with Crippen molar-refractivity contribution in [3.63, 3.8) is 0 Å². The number of carbonyl (C=O) groups is 1. The van der Waals surface area contributed by atoms with Gasteiger partial charge in [0.25, 0.3) is 0 Å². The lowest BCUT2D eigenvalue weighted by atomic mass is 10.0. The van der Waals surface area contributed by atoms with Crippen molar-refractivity contribution in [3.05, 3.63) is 0 Å². The first-order chi connectivity index (χ1) is 6.18. The maximum atomic E-state index is 10.9. The van der Waals surface area contributed by atoms with Gasteiger partial charge in [-0.15, -0.1) is 0 Å². The first-order valence-electron chi connectivity index (χ1n) is 3.83. The van der Waals surface area contributed by atoms with Gasteiger partial charge in [-0.3, -0.25) is 4.79 Å². The summed E-state index contributed by atoms with van der Waals surface area (Å²) in [6, 6.07) is -0.229. The number of nitrogens with zero attached hydrogens (tertiary/aromatic N) is 3. The van der Waals surface area contributed by atoms with E-state index in [2.05, 4.69) is 9.36 Å². The predicted molar refractivity (Wildman–Crippen MR) is 49.3 cm³/mol. The maximum Gasteiger partial charge on any atom is 0.240 e. The van der Waals surface area contributed by atoms with Gasteiger partial charge in [-0.25, -0.2) is 0 Å². The summed E-state index contributed by atoms with van der Waals surface area (Å²) in [5, 5.41) is 0.674. The molecule has 0 radical (unpaired) electrons.